The zero-order valence-electron chi connectivity index (χ0n) is 23.7. The summed E-state index contributed by atoms with van der Waals surface area (Å²) in [6.07, 6.45) is 11.3. The minimum Gasteiger partial charge on any atom is -0.368 e. The van der Waals surface area contributed by atoms with Crippen molar-refractivity contribution in [3.63, 3.8) is 0 Å². The summed E-state index contributed by atoms with van der Waals surface area (Å²) in [6.45, 7) is 11.1. The summed E-state index contributed by atoms with van der Waals surface area (Å²) in [5.41, 5.74) is 12.4. The summed E-state index contributed by atoms with van der Waals surface area (Å²) in [5.74, 6) is 0. The number of hydrogen-bond acceptors (Lipinski definition) is 5. The Bertz CT molecular complexity index is 1810. The van der Waals surface area contributed by atoms with Gasteiger partial charge in [-0.05, 0) is 75.9 Å². The molecule has 0 bridgehead atoms. The van der Waals surface area contributed by atoms with E-state index in [-0.39, 0.29) is 0 Å². The molecule has 1 atom stereocenters. The highest BCUT2D eigenvalue weighted by Gasteiger charge is 2.19. The highest BCUT2D eigenvalue weighted by molar-refractivity contribution is 5.94. The van der Waals surface area contributed by atoms with Crippen molar-refractivity contribution in [3.05, 3.63) is 100 Å². The highest BCUT2D eigenvalue weighted by atomic mass is 16.3. The number of benzene rings is 1. The van der Waals surface area contributed by atoms with E-state index in [1.165, 1.54) is 16.7 Å². The first-order valence-corrected chi connectivity index (χ1v) is 13.8. The lowest BCUT2D eigenvalue weighted by Crippen LogP contribution is -2.12. The molecule has 0 spiro atoms. The van der Waals surface area contributed by atoms with Gasteiger partial charge in [-0.1, -0.05) is 42.4 Å². The van der Waals surface area contributed by atoms with Gasteiger partial charge >= 0.3 is 0 Å². The standard InChI is InChI=1S/C32H35N7O/c1-6-23-15-19(2)9-7-10-25(23)18-39-27-12-8-11-26(31(27)22(5)37-39)34-32(40)28-17-33-29-16-24(13-14-38(28)29)30-20(3)35-36-21(30)4/h7-14,16-17,32,34,40H,6,15,18H2,1-5H3,(H,35,36). The van der Waals surface area contributed by atoms with E-state index < -0.39 is 6.23 Å². The number of hydrogen-bond donors (Lipinski definition) is 3. The molecule has 1 aliphatic rings. The maximum Gasteiger partial charge on any atom is 0.168 e. The van der Waals surface area contributed by atoms with Gasteiger partial charge in [0, 0.05) is 28.5 Å². The average molecular weight is 534 g/mol. The number of fused-ring (bicyclic) bond motifs is 2. The van der Waals surface area contributed by atoms with Crippen LogP contribution in [0.2, 0.25) is 0 Å². The molecule has 6 rings (SSSR count). The van der Waals surface area contributed by atoms with E-state index in [9.17, 15) is 5.11 Å². The number of allylic oxidation sites excluding steroid dienone is 6. The van der Waals surface area contributed by atoms with Crippen molar-refractivity contribution >= 4 is 22.2 Å². The monoisotopic (exact) mass is 533 g/mol. The number of aliphatic hydroxyl groups is 1. The minimum atomic E-state index is -0.958. The van der Waals surface area contributed by atoms with Gasteiger partial charge in [-0.3, -0.25) is 14.2 Å². The largest absolute Gasteiger partial charge is 0.368 e. The molecule has 0 saturated heterocycles. The summed E-state index contributed by atoms with van der Waals surface area (Å²) < 4.78 is 3.99. The fourth-order valence-corrected chi connectivity index (χ4v) is 5.85. The number of imidazole rings is 1. The molecular formula is C32H35N7O. The fourth-order valence-electron chi connectivity index (χ4n) is 5.85. The van der Waals surface area contributed by atoms with E-state index in [0.29, 0.717) is 12.2 Å². The maximum absolute atomic E-state index is 11.3. The van der Waals surface area contributed by atoms with Crippen LogP contribution in [0.3, 0.4) is 0 Å². The molecule has 5 aromatic rings. The Morgan fingerprint density at radius 1 is 1.12 bits per heavy atom. The van der Waals surface area contributed by atoms with Gasteiger partial charge in [0.2, 0.25) is 0 Å². The third kappa shape index (κ3) is 4.54. The number of nitrogens with one attached hydrogen (secondary N) is 2. The van der Waals surface area contributed by atoms with Crippen molar-refractivity contribution in [2.75, 3.05) is 5.32 Å². The van der Waals surface area contributed by atoms with E-state index in [1.54, 1.807) is 6.20 Å². The molecule has 0 radical (unpaired) electrons. The molecule has 1 aromatic carbocycles. The van der Waals surface area contributed by atoms with Gasteiger partial charge in [-0.25, -0.2) is 4.98 Å². The fraction of sp³-hybridized carbons (Fsp3) is 0.281. The predicted molar refractivity (Wildman–Crippen MR) is 160 cm³/mol. The van der Waals surface area contributed by atoms with Crippen LogP contribution in [0.15, 0.2) is 77.7 Å². The van der Waals surface area contributed by atoms with E-state index in [0.717, 1.165) is 63.3 Å². The first-order valence-electron chi connectivity index (χ1n) is 13.8. The van der Waals surface area contributed by atoms with Crippen LogP contribution < -0.4 is 5.32 Å². The molecule has 40 heavy (non-hydrogen) atoms. The van der Waals surface area contributed by atoms with Crippen LogP contribution >= 0.6 is 0 Å². The number of anilines is 1. The van der Waals surface area contributed by atoms with Gasteiger partial charge in [0.1, 0.15) is 5.65 Å². The molecule has 3 N–H and O–H groups in total. The molecular weight excluding hydrogens is 498 g/mol. The van der Waals surface area contributed by atoms with E-state index in [1.807, 2.05) is 55.6 Å². The lowest BCUT2D eigenvalue weighted by Gasteiger charge is -2.16. The van der Waals surface area contributed by atoms with Crippen LogP contribution in [0.4, 0.5) is 5.69 Å². The molecule has 4 aromatic heterocycles. The van der Waals surface area contributed by atoms with Crippen molar-refractivity contribution < 1.29 is 5.11 Å². The van der Waals surface area contributed by atoms with E-state index in [4.69, 9.17) is 5.10 Å². The van der Waals surface area contributed by atoms with Gasteiger partial charge in [0.15, 0.2) is 6.23 Å². The van der Waals surface area contributed by atoms with Gasteiger partial charge < -0.3 is 10.4 Å². The molecule has 0 fully saturated rings. The molecule has 204 valence electrons. The Labute approximate surface area is 233 Å². The molecule has 8 nitrogen and oxygen atoms in total. The van der Waals surface area contributed by atoms with Gasteiger partial charge in [-0.15, -0.1) is 0 Å². The summed E-state index contributed by atoms with van der Waals surface area (Å²) in [5, 5.41) is 27.9. The van der Waals surface area contributed by atoms with Gasteiger partial charge in [0.05, 0.1) is 35.3 Å². The first-order chi connectivity index (χ1) is 19.3. The third-order valence-electron chi connectivity index (χ3n) is 7.86. The smallest absolute Gasteiger partial charge is 0.168 e. The van der Waals surface area contributed by atoms with Gasteiger partial charge in [0.25, 0.3) is 0 Å². The lowest BCUT2D eigenvalue weighted by atomic mass is 10.00. The van der Waals surface area contributed by atoms with Crippen molar-refractivity contribution in [1.82, 2.24) is 29.4 Å². The predicted octanol–water partition coefficient (Wildman–Crippen LogP) is 6.72. The Kier molecular flexibility index (Phi) is 6.64. The summed E-state index contributed by atoms with van der Waals surface area (Å²) in [7, 11) is 0. The van der Waals surface area contributed by atoms with Crippen molar-refractivity contribution in [2.45, 2.75) is 60.2 Å². The number of H-pyrrole nitrogens is 1. The van der Waals surface area contributed by atoms with Crippen LogP contribution in [-0.2, 0) is 6.54 Å². The van der Waals surface area contributed by atoms with E-state index in [2.05, 4.69) is 63.3 Å². The zero-order chi connectivity index (χ0) is 28.0. The number of pyridine rings is 1. The quantitative estimate of drug-likeness (QED) is 0.202. The number of aliphatic hydroxyl groups excluding tert-OH is 1. The molecule has 4 heterocycles. The lowest BCUT2D eigenvalue weighted by molar-refractivity contribution is 0.202. The van der Waals surface area contributed by atoms with Crippen LogP contribution in [0, 0.1) is 20.8 Å². The molecule has 8 heteroatoms. The second kappa shape index (κ2) is 10.3. The SMILES string of the molecule is CCC1=C(Cn2nc(C)c3c(NC(O)c4cnc5cc(-c6c(C)n[nH]c6C)ccn45)cccc32)C=CC=C(C)C1. The Balaban J connectivity index is 1.30. The summed E-state index contributed by atoms with van der Waals surface area (Å²) in [4.78, 5) is 4.59. The van der Waals surface area contributed by atoms with Crippen LogP contribution in [0.25, 0.3) is 27.7 Å². The van der Waals surface area contributed by atoms with E-state index >= 15 is 0 Å². The Morgan fingerprint density at radius 2 is 1.98 bits per heavy atom. The molecule has 0 saturated carbocycles. The second-order valence-electron chi connectivity index (χ2n) is 10.7. The number of aromatic nitrogens is 6. The topological polar surface area (TPSA) is 96.1 Å². The summed E-state index contributed by atoms with van der Waals surface area (Å²) >= 11 is 0. The molecule has 1 aliphatic carbocycles. The van der Waals surface area contributed by atoms with Crippen LogP contribution in [0.5, 0.6) is 0 Å². The van der Waals surface area contributed by atoms with Crippen LogP contribution in [-0.4, -0.2) is 34.5 Å². The number of aromatic amines is 1. The molecule has 1 unspecified atom stereocenters. The Hall–Kier alpha value is -4.43. The minimum absolute atomic E-state index is 0.661. The normalized spacial score (nSPS) is 14.7. The maximum atomic E-state index is 11.3. The van der Waals surface area contributed by atoms with Gasteiger partial charge in [-0.2, -0.15) is 10.2 Å². The van der Waals surface area contributed by atoms with Crippen molar-refractivity contribution in [3.8, 4) is 11.1 Å². The number of rotatable bonds is 7. The molecule has 0 amide bonds. The van der Waals surface area contributed by atoms with Crippen molar-refractivity contribution in [1.29, 1.82) is 0 Å². The second-order valence-corrected chi connectivity index (χ2v) is 10.7. The van der Waals surface area contributed by atoms with Crippen molar-refractivity contribution in [2.24, 2.45) is 0 Å². The number of nitrogens with zero attached hydrogens (tertiary/aromatic N) is 5. The Morgan fingerprint density at radius 3 is 2.75 bits per heavy atom. The first kappa shape index (κ1) is 25.8. The summed E-state index contributed by atoms with van der Waals surface area (Å²) in [6, 6.07) is 10.1. The third-order valence-corrected chi connectivity index (χ3v) is 7.86. The highest BCUT2D eigenvalue weighted by Crippen LogP contribution is 2.32. The van der Waals surface area contributed by atoms with Crippen LogP contribution in [0.1, 0.15) is 55.7 Å². The average Bonchev–Trinajstić information content (AvgIpc) is 3.57. The molecule has 0 aliphatic heterocycles. The number of aryl methyl sites for hydroxylation is 3. The zero-order valence-corrected chi connectivity index (χ0v) is 23.7.